The molecule has 2 aromatic rings. The minimum absolute atomic E-state index is 0.0222. The number of rotatable bonds is 3. The van der Waals surface area contributed by atoms with Gasteiger partial charge in [-0.1, -0.05) is 0 Å². The molecule has 1 aliphatic carbocycles. The Balaban J connectivity index is 1.99. The van der Waals surface area contributed by atoms with Crippen LogP contribution in [0.15, 0.2) is 23.6 Å². The Morgan fingerprint density at radius 3 is 2.78 bits per heavy atom. The maximum absolute atomic E-state index is 11.9. The molecule has 0 aromatic carbocycles. The van der Waals surface area contributed by atoms with E-state index in [1.165, 1.54) is 12.4 Å². The average Bonchev–Trinajstić information content (AvgIpc) is 3.07. The highest BCUT2D eigenvalue weighted by molar-refractivity contribution is 7.92. The molecule has 8 heteroatoms. The third kappa shape index (κ3) is 1.84. The number of imidazole rings is 1. The van der Waals surface area contributed by atoms with Gasteiger partial charge in [-0.15, -0.1) is 0 Å². The number of aromatic nitrogens is 4. The molecule has 0 atom stereocenters. The molecule has 2 aromatic heterocycles. The van der Waals surface area contributed by atoms with Gasteiger partial charge in [-0.2, -0.15) is 0 Å². The van der Waals surface area contributed by atoms with Gasteiger partial charge >= 0.3 is 0 Å². The highest BCUT2D eigenvalue weighted by Crippen LogP contribution is 2.32. The number of nitrogens with one attached hydrogen (secondary N) is 1. The van der Waals surface area contributed by atoms with Crippen LogP contribution in [0.4, 0.5) is 5.82 Å². The zero-order valence-electron chi connectivity index (χ0n) is 9.37. The SMILES string of the molecule is Nc1ccnc(-c2cnc(S(=O)(=O)C3CC3)[nH]2)n1. The third-order valence-corrected chi connectivity index (χ3v) is 4.80. The molecule has 0 aliphatic heterocycles. The maximum Gasteiger partial charge on any atom is 0.225 e. The predicted molar refractivity (Wildman–Crippen MR) is 64.2 cm³/mol. The number of aromatic amines is 1. The summed E-state index contributed by atoms with van der Waals surface area (Å²) in [7, 11) is -3.32. The Labute approximate surface area is 103 Å². The van der Waals surface area contributed by atoms with Crippen LogP contribution in [0.25, 0.3) is 11.5 Å². The molecule has 3 N–H and O–H groups in total. The van der Waals surface area contributed by atoms with E-state index < -0.39 is 9.84 Å². The molecular weight excluding hydrogens is 254 g/mol. The highest BCUT2D eigenvalue weighted by Gasteiger charge is 2.38. The molecule has 1 fully saturated rings. The van der Waals surface area contributed by atoms with Gasteiger partial charge in [-0.25, -0.2) is 23.4 Å². The van der Waals surface area contributed by atoms with Gasteiger partial charge in [0.15, 0.2) is 5.82 Å². The fourth-order valence-corrected chi connectivity index (χ4v) is 3.12. The Morgan fingerprint density at radius 1 is 1.33 bits per heavy atom. The van der Waals surface area contributed by atoms with Crippen molar-refractivity contribution in [1.82, 2.24) is 19.9 Å². The number of nitrogens with two attached hydrogens (primary N) is 1. The third-order valence-electron chi connectivity index (χ3n) is 2.70. The molecule has 0 bridgehead atoms. The smallest absolute Gasteiger partial charge is 0.225 e. The van der Waals surface area contributed by atoms with Crippen LogP contribution in [0, 0.1) is 0 Å². The molecule has 2 heterocycles. The summed E-state index contributed by atoms with van der Waals surface area (Å²) in [5.41, 5.74) is 5.99. The van der Waals surface area contributed by atoms with Crippen LogP contribution in [0.2, 0.25) is 0 Å². The van der Waals surface area contributed by atoms with Gasteiger partial charge in [-0.3, -0.25) is 0 Å². The first-order chi connectivity index (χ1) is 8.57. The second-order valence-corrected chi connectivity index (χ2v) is 6.29. The van der Waals surface area contributed by atoms with Crippen molar-refractivity contribution in [2.75, 3.05) is 5.73 Å². The van der Waals surface area contributed by atoms with Crippen LogP contribution in [0.3, 0.4) is 0 Å². The first kappa shape index (κ1) is 11.1. The number of anilines is 1. The number of nitrogen functional groups attached to an aromatic ring is 1. The summed E-state index contributed by atoms with van der Waals surface area (Å²) in [6, 6.07) is 1.56. The number of hydrogen-bond donors (Lipinski definition) is 2. The maximum atomic E-state index is 11.9. The fourth-order valence-electron chi connectivity index (χ4n) is 1.60. The first-order valence-electron chi connectivity index (χ1n) is 5.45. The molecular formula is C10H11N5O2S. The van der Waals surface area contributed by atoms with Crippen LogP contribution >= 0.6 is 0 Å². The van der Waals surface area contributed by atoms with Crippen molar-refractivity contribution in [1.29, 1.82) is 0 Å². The van der Waals surface area contributed by atoms with Gasteiger partial charge in [0, 0.05) is 6.20 Å². The van der Waals surface area contributed by atoms with Crippen LogP contribution in [-0.4, -0.2) is 33.6 Å². The van der Waals surface area contributed by atoms with Crippen molar-refractivity contribution in [3.05, 3.63) is 18.5 Å². The minimum atomic E-state index is -3.32. The van der Waals surface area contributed by atoms with Crippen molar-refractivity contribution in [2.45, 2.75) is 23.2 Å². The quantitative estimate of drug-likeness (QED) is 0.829. The minimum Gasteiger partial charge on any atom is -0.384 e. The summed E-state index contributed by atoms with van der Waals surface area (Å²) in [4.78, 5) is 14.6. The molecule has 0 unspecified atom stereocenters. The topological polar surface area (TPSA) is 115 Å². The molecule has 0 radical (unpaired) electrons. The Morgan fingerprint density at radius 2 is 2.11 bits per heavy atom. The van der Waals surface area contributed by atoms with Gasteiger partial charge in [0.2, 0.25) is 15.0 Å². The van der Waals surface area contributed by atoms with E-state index in [4.69, 9.17) is 5.73 Å². The van der Waals surface area contributed by atoms with E-state index >= 15 is 0 Å². The summed E-state index contributed by atoms with van der Waals surface area (Å²) in [6.45, 7) is 0. The normalized spacial score (nSPS) is 15.8. The molecule has 0 saturated heterocycles. The Kier molecular flexibility index (Phi) is 2.34. The van der Waals surface area contributed by atoms with Gasteiger partial charge in [0.25, 0.3) is 0 Å². The zero-order valence-corrected chi connectivity index (χ0v) is 10.2. The summed E-state index contributed by atoms with van der Waals surface area (Å²) >= 11 is 0. The summed E-state index contributed by atoms with van der Waals surface area (Å²) in [5, 5.41) is -0.315. The van der Waals surface area contributed by atoms with Gasteiger partial charge in [0.1, 0.15) is 11.5 Å². The lowest BCUT2D eigenvalue weighted by molar-refractivity contribution is 0.587. The number of sulfone groups is 1. The van der Waals surface area contributed by atoms with E-state index in [0.717, 1.165) is 0 Å². The second kappa shape index (κ2) is 3.77. The molecule has 18 heavy (non-hydrogen) atoms. The molecule has 94 valence electrons. The van der Waals surface area contributed by atoms with Crippen LogP contribution < -0.4 is 5.73 Å². The first-order valence-corrected chi connectivity index (χ1v) is 7.00. The number of H-pyrrole nitrogens is 1. The zero-order chi connectivity index (χ0) is 12.8. The van der Waals surface area contributed by atoms with Crippen molar-refractivity contribution in [2.24, 2.45) is 0 Å². The van der Waals surface area contributed by atoms with Crippen molar-refractivity contribution < 1.29 is 8.42 Å². The summed E-state index contributed by atoms with van der Waals surface area (Å²) in [6.07, 6.45) is 4.32. The van der Waals surface area contributed by atoms with Crippen molar-refractivity contribution in [3.8, 4) is 11.5 Å². The van der Waals surface area contributed by atoms with Crippen LogP contribution in [0.1, 0.15) is 12.8 Å². The van der Waals surface area contributed by atoms with Crippen molar-refractivity contribution in [3.63, 3.8) is 0 Å². The number of nitrogens with zero attached hydrogens (tertiary/aromatic N) is 3. The monoisotopic (exact) mass is 265 g/mol. The van der Waals surface area contributed by atoms with E-state index in [9.17, 15) is 8.42 Å². The van der Waals surface area contributed by atoms with Crippen molar-refractivity contribution >= 4 is 15.7 Å². The number of hydrogen-bond acceptors (Lipinski definition) is 6. The largest absolute Gasteiger partial charge is 0.384 e. The van der Waals surface area contributed by atoms with Crippen LogP contribution in [0.5, 0.6) is 0 Å². The lowest BCUT2D eigenvalue weighted by atomic mass is 10.4. The van der Waals surface area contributed by atoms with E-state index in [1.54, 1.807) is 6.07 Å². The summed E-state index contributed by atoms with van der Waals surface area (Å²) in [5.74, 6) is 0.654. The van der Waals surface area contributed by atoms with E-state index in [1.807, 2.05) is 0 Å². The fraction of sp³-hybridized carbons (Fsp3) is 0.300. The lowest BCUT2D eigenvalue weighted by Gasteiger charge is -1.98. The predicted octanol–water partition coefficient (Wildman–Crippen LogP) is 0.385. The Hall–Kier alpha value is -1.96. The molecule has 3 rings (SSSR count). The lowest BCUT2D eigenvalue weighted by Crippen LogP contribution is -2.08. The molecule has 0 amide bonds. The van der Waals surface area contributed by atoms with E-state index in [0.29, 0.717) is 30.2 Å². The Bertz CT molecular complexity index is 690. The van der Waals surface area contributed by atoms with Gasteiger partial charge in [-0.05, 0) is 18.9 Å². The molecule has 7 nitrogen and oxygen atoms in total. The highest BCUT2D eigenvalue weighted by atomic mass is 32.2. The second-order valence-electron chi connectivity index (χ2n) is 4.15. The summed E-state index contributed by atoms with van der Waals surface area (Å²) < 4.78 is 23.9. The molecule has 0 spiro atoms. The van der Waals surface area contributed by atoms with E-state index in [2.05, 4.69) is 19.9 Å². The molecule has 1 aliphatic rings. The average molecular weight is 265 g/mol. The van der Waals surface area contributed by atoms with Crippen LogP contribution in [-0.2, 0) is 9.84 Å². The standard InChI is InChI=1S/C10H11N5O2S/c11-8-3-4-12-9(15-8)7-5-13-10(14-7)18(16,17)6-1-2-6/h3-6H,1-2H2,(H,13,14)(H2,11,12,15). The molecule has 1 saturated carbocycles. The van der Waals surface area contributed by atoms with Gasteiger partial charge in [0.05, 0.1) is 11.4 Å². The van der Waals surface area contributed by atoms with Gasteiger partial charge < -0.3 is 10.7 Å². The van der Waals surface area contributed by atoms with E-state index in [-0.39, 0.29) is 10.4 Å².